The van der Waals surface area contributed by atoms with Crippen molar-refractivity contribution < 1.29 is 9.90 Å². The van der Waals surface area contributed by atoms with E-state index in [1.807, 2.05) is 13.1 Å². The molecule has 1 aromatic rings. The SMILES string of the molecule is CN(Cc1cccs1)C1CCCC1C(=O)O. The molecule has 1 aliphatic carbocycles. The van der Waals surface area contributed by atoms with Crippen LogP contribution in [0.1, 0.15) is 24.1 Å². The fourth-order valence-corrected chi connectivity index (χ4v) is 3.29. The van der Waals surface area contributed by atoms with E-state index in [1.54, 1.807) is 11.3 Å². The van der Waals surface area contributed by atoms with E-state index in [0.29, 0.717) is 0 Å². The highest BCUT2D eigenvalue weighted by Crippen LogP contribution is 2.30. The number of hydrogen-bond acceptors (Lipinski definition) is 3. The predicted molar refractivity (Wildman–Crippen MR) is 64.6 cm³/mol. The van der Waals surface area contributed by atoms with Gasteiger partial charge in [-0.3, -0.25) is 9.69 Å². The van der Waals surface area contributed by atoms with Crippen molar-refractivity contribution >= 4 is 17.3 Å². The molecule has 3 nitrogen and oxygen atoms in total. The van der Waals surface area contributed by atoms with Gasteiger partial charge in [0.05, 0.1) is 5.92 Å². The number of rotatable bonds is 4. The third kappa shape index (κ3) is 2.44. The quantitative estimate of drug-likeness (QED) is 0.877. The standard InChI is InChI=1S/C12H17NO2S/c1-13(8-9-4-3-7-16-9)11-6-2-5-10(11)12(14)15/h3-4,7,10-11H,2,5-6,8H2,1H3,(H,14,15). The molecule has 2 rings (SSSR count). The predicted octanol–water partition coefficient (Wildman–Crippen LogP) is 2.43. The Balaban J connectivity index is 1.98. The van der Waals surface area contributed by atoms with E-state index in [-0.39, 0.29) is 12.0 Å². The van der Waals surface area contributed by atoms with Crippen LogP contribution in [0.25, 0.3) is 0 Å². The van der Waals surface area contributed by atoms with Crippen LogP contribution in [0.15, 0.2) is 17.5 Å². The highest BCUT2D eigenvalue weighted by molar-refractivity contribution is 7.09. The highest BCUT2D eigenvalue weighted by Gasteiger charge is 2.35. The molecule has 1 fully saturated rings. The first-order valence-electron chi connectivity index (χ1n) is 5.64. The minimum Gasteiger partial charge on any atom is -0.481 e. The first-order valence-corrected chi connectivity index (χ1v) is 6.52. The maximum absolute atomic E-state index is 11.1. The molecule has 1 heterocycles. The minimum atomic E-state index is -0.638. The molecule has 0 bridgehead atoms. The zero-order valence-electron chi connectivity index (χ0n) is 9.43. The van der Waals surface area contributed by atoms with Gasteiger partial charge in [-0.05, 0) is 31.3 Å². The number of carbonyl (C=O) groups is 1. The molecule has 16 heavy (non-hydrogen) atoms. The third-order valence-electron chi connectivity index (χ3n) is 3.35. The highest BCUT2D eigenvalue weighted by atomic mass is 32.1. The van der Waals surface area contributed by atoms with Gasteiger partial charge in [-0.25, -0.2) is 0 Å². The summed E-state index contributed by atoms with van der Waals surface area (Å²) in [6, 6.07) is 4.35. The number of hydrogen-bond donors (Lipinski definition) is 1. The molecule has 1 saturated carbocycles. The largest absolute Gasteiger partial charge is 0.481 e. The smallest absolute Gasteiger partial charge is 0.308 e. The van der Waals surface area contributed by atoms with Crippen LogP contribution in [-0.2, 0) is 11.3 Å². The number of carboxylic acid groups (broad SMARTS) is 1. The molecule has 1 N–H and O–H groups in total. The Labute approximate surface area is 99.7 Å². The maximum Gasteiger partial charge on any atom is 0.308 e. The molecule has 0 amide bonds. The monoisotopic (exact) mass is 239 g/mol. The molecule has 0 spiro atoms. The first-order chi connectivity index (χ1) is 7.68. The van der Waals surface area contributed by atoms with Crippen molar-refractivity contribution in [3.8, 4) is 0 Å². The lowest BCUT2D eigenvalue weighted by Crippen LogP contribution is -2.37. The van der Waals surface area contributed by atoms with Crippen LogP contribution in [0, 0.1) is 5.92 Å². The Kier molecular flexibility index (Phi) is 3.61. The van der Waals surface area contributed by atoms with Crippen LogP contribution in [0.5, 0.6) is 0 Å². The second-order valence-corrected chi connectivity index (χ2v) is 5.47. The number of nitrogens with zero attached hydrogens (tertiary/aromatic N) is 1. The molecule has 0 aromatic carbocycles. The van der Waals surface area contributed by atoms with Crippen LogP contribution in [0.4, 0.5) is 0 Å². The summed E-state index contributed by atoms with van der Waals surface area (Å²) < 4.78 is 0. The average molecular weight is 239 g/mol. The van der Waals surface area contributed by atoms with Gasteiger partial charge in [0.2, 0.25) is 0 Å². The van der Waals surface area contributed by atoms with Crippen LogP contribution in [0.3, 0.4) is 0 Å². The molecule has 1 aliphatic rings. The molecule has 2 unspecified atom stereocenters. The van der Waals surface area contributed by atoms with Gasteiger partial charge in [0.15, 0.2) is 0 Å². The van der Waals surface area contributed by atoms with Gasteiger partial charge in [-0.15, -0.1) is 11.3 Å². The lowest BCUT2D eigenvalue weighted by atomic mass is 10.0. The molecule has 4 heteroatoms. The summed E-state index contributed by atoms with van der Waals surface area (Å²) in [5, 5.41) is 11.2. The molecule has 88 valence electrons. The van der Waals surface area contributed by atoms with E-state index in [9.17, 15) is 4.79 Å². The van der Waals surface area contributed by atoms with E-state index < -0.39 is 5.97 Å². The molecule has 0 saturated heterocycles. The van der Waals surface area contributed by atoms with Crippen molar-refractivity contribution in [3.63, 3.8) is 0 Å². The van der Waals surface area contributed by atoms with Crippen LogP contribution in [-0.4, -0.2) is 29.1 Å². The third-order valence-corrected chi connectivity index (χ3v) is 4.21. The van der Waals surface area contributed by atoms with E-state index in [4.69, 9.17) is 5.11 Å². The molecule has 0 radical (unpaired) electrons. The summed E-state index contributed by atoms with van der Waals surface area (Å²) in [5.74, 6) is -0.814. The molecule has 2 atom stereocenters. The van der Waals surface area contributed by atoms with Gasteiger partial charge in [-0.1, -0.05) is 12.5 Å². The van der Waals surface area contributed by atoms with Crippen LogP contribution < -0.4 is 0 Å². The van der Waals surface area contributed by atoms with Crippen molar-refractivity contribution in [2.45, 2.75) is 31.8 Å². The van der Waals surface area contributed by atoms with Crippen molar-refractivity contribution in [1.82, 2.24) is 4.90 Å². The van der Waals surface area contributed by atoms with Crippen molar-refractivity contribution in [2.24, 2.45) is 5.92 Å². The Morgan fingerprint density at radius 2 is 2.44 bits per heavy atom. The normalized spacial score (nSPS) is 25.1. The second kappa shape index (κ2) is 4.97. The summed E-state index contributed by atoms with van der Waals surface area (Å²) in [6.45, 7) is 0.867. The zero-order valence-corrected chi connectivity index (χ0v) is 10.2. The zero-order chi connectivity index (χ0) is 11.5. The summed E-state index contributed by atoms with van der Waals surface area (Å²) in [5.41, 5.74) is 0. The summed E-state index contributed by atoms with van der Waals surface area (Å²) >= 11 is 1.73. The lowest BCUT2D eigenvalue weighted by molar-refractivity contribution is -0.143. The Hall–Kier alpha value is -0.870. The molecular formula is C12H17NO2S. The van der Waals surface area contributed by atoms with Crippen molar-refractivity contribution in [2.75, 3.05) is 7.05 Å². The van der Waals surface area contributed by atoms with E-state index in [0.717, 1.165) is 25.8 Å². The van der Waals surface area contributed by atoms with Crippen LogP contribution >= 0.6 is 11.3 Å². The summed E-state index contributed by atoms with van der Waals surface area (Å²) in [7, 11) is 2.03. The Bertz CT molecular complexity index is 350. The van der Waals surface area contributed by atoms with E-state index in [2.05, 4.69) is 16.3 Å². The van der Waals surface area contributed by atoms with Gasteiger partial charge in [0, 0.05) is 17.5 Å². The number of thiophene rings is 1. The molecule has 0 aliphatic heterocycles. The maximum atomic E-state index is 11.1. The van der Waals surface area contributed by atoms with Crippen molar-refractivity contribution in [3.05, 3.63) is 22.4 Å². The molecular weight excluding hydrogens is 222 g/mol. The number of carboxylic acids is 1. The Morgan fingerprint density at radius 3 is 3.06 bits per heavy atom. The summed E-state index contributed by atoms with van der Waals surface area (Å²) in [6.07, 6.45) is 2.88. The van der Waals surface area contributed by atoms with Crippen LogP contribution in [0.2, 0.25) is 0 Å². The average Bonchev–Trinajstić information content (AvgIpc) is 2.86. The van der Waals surface area contributed by atoms with E-state index in [1.165, 1.54) is 4.88 Å². The fraction of sp³-hybridized carbons (Fsp3) is 0.583. The van der Waals surface area contributed by atoms with Gasteiger partial charge in [-0.2, -0.15) is 0 Å². The van der Waals surface area contributed by atoms with Gasteiger partial charge < -0.3 is 5.11 Å². The second-order valence-electron chi connectivity index (χ2n) is 4.44. The Morgan fingerprint density at radius 1 is 1.62 bits per heavy atom. The number of aliphatic carboxylic acids is 1. The fourth-order valence-electron chi connectivity index (χ4n) is 2.52. The van der Waals surface area contributed by atoms with E-state index >= 15 is 0 Å². The first kappa shape index (κ1) is 11.6. The van der Waals surface area contributed by atoms with Gasteiger partial charge >= 0.3 is 5.97 Å². The van der Waals surface area contributed by atoms with Gasteiger partial charge in [0.25, 0.3) is 0 Å². The van der Waals surface area contributed by atoms with Gasteiger partial charge in [0.1, 0.15) is 0 Å². The minimum absolute atomic E-state index is 0.176. The van der Waals surface area contributed by atoms with Crippen molar-refractivity contribution in [1.29, 1.82) is 0 Å². The topological polar surface area (TPSA) is 40.5 Å². The summed E-state index contributed by atoms with van der Waals surface area (Å²) in [4.78, 5) is 14.6. The lowest BCUT2D eigenvalue weighted by Gasteiger charge is -2.27. The molecule has 1 aromatic heterocycles.